The van der Waals surface area contributed by atoms with Crippen molar-refractivity contribution in [2.75, 3.05) is 0 Å². The van der Waals surface area contributed by atoms with Gasteiger partial charge in [-0.3, -0.25) is 14.2 Å². The van der Waals surface area contributed by atoms with E-state index in [0.29, 0.717) is 17.2 Å². The summed E-state index contributed by atoms with van der Waals surface area (Å²) in [7, 11) is 1.40. The Kier molecular flexibility index (Phi) is 6.46. The van der Waals surface area contributed by atoms with Crippen LogP contribution in [0.3, 0.4) is 0 Å². The Hall–Kier alpha value is -4.32. The lowest BCUT2D eigenvalue weighted by Gasteiger charge is -2.16. The molecule has 9 nitrogen and oxygen atoms in total. The summed E-state index contributed by atoms with van der Waals surface area (Å²) in [5, 5.41) is 6.10. The van der Waals surface area contributed by atoms with Gasteiger partial charge in [0.05, 0.1) is 6.54 Å². The molecule has 0 spiro atoms. The van der Waals surface area contributed by atoms with E-state index in [1.165, 1.54) is 31.3 Å². The van der Waals surface area contributed by atoms with Crippen molar-refractivity contribution in [1.29, 1.82) is 0 Å². The third-order valence-corrected chi connectivity index (χ3v) is 5.52. The monoisotopic (exact) mass is 519 g/mol. The number of alkyl halides is 3. The second-order valence-corrected chi connectivity index (χ2v) is 8.15. The summed E-state index contributed by atoms with van der Waals surface area (Å²) in [6.45, 7) is -0.282. The van der Waals surface area contributed by atoms with Gasteiger partial charge in [0.15, 0.2) is 5.82 Å². The number of pyridine rings is 1. The highest BCUT2D eigenvalue weighted by Gasteiger charge is 2.36. The minimum Gasteiger partial charge on any atom is -0.451 e. The predicted octanol–water partition coefficient (Wildman–Crippen LogP) is 3.55. The molecular weight excluding hydrogens is 503 g/mol. The van der Waals surface area contributed by atoms with Crippen LogP contribution in [0, 0.1) is 0 Å². The molecule has 13 heteroatoms. The fourth-order valence-electron chi connectivity index (χ4n) is 3.41. The molecule has 4 aromatic rings. The minimum atomic E-state index is -4.89. The van der Waals surface area contributed by atoms with E-state index in [-0.39, 0.29) is 28.7 Å². The van der Waals surface area contributed by atoms with Crippen LogP contribution in [0.1, 0.15) is 21.7 Å². The van der Waals surface area contributed by atoms with Crippen LogP contribution in [0.15, 0.2) is 64.3 Å². The van der Waals surface area contributed by atoms with Gasteiger partial charge in [0.25, 0.3) is 5.56 Å². The van der Waals surface area contributed by atoms with Crippen molar-refractivity contribution in [3.63, 3.8) is 0 Å². The number of halogens is 4. The first kappa shape index (κ1) is 24.8. The van der Waals surface area contributed by atoms with Crippen LogP contribution in [-0.4, -0.2) is 25.2 Å². The van der Waals surface area contributed by atoms with Crippen LogP contribution >= 0.6 is 11.6 Å². The summed E-state index contributed by atoms with van der Waals surface area (Å²) >= 11 is 6.17. The van der Waals surface area contributed by atoms with Crippen LogP contribution in [-0.2, 0) is 19.8 Å². The smallest absolute Gasteiger partial charge is 0.420 e. The zero-order valence-electron chi connectivity index (χ0n) is 18.5. The molecule has 0 aliphatic carbocycles. The second-order valence-electron chi connectivity index (χ2n) is 7.71. The first-order valence-electron chi connectivity index (χ1n) is 10.2. The van der Waals surface area contributed by atoms with Crippen LogP contribution in [0.5, 0.6) is 11.5 Å². The molecule has 2 aromatic heterocycles. The zero-order chi connectivity index (χ0) is 26.2. The van der Waals surface area contributed by atoms with E-state index in [0.717, 1.165) is 15.3 Å². The number of carbonyl (C=O) groups excluding carboxylic acids is 1. The molecule has 0 unspecified atom stereocenters. The lowest BCUT2D eigenvalue weighted by Crippen LogP contribution is -2.26. The lowest BCUT2D eigenvalue weighted by molar-refractivity contribution is -0.138. The molecule has 0 atom stereocenters. The number of hydrogen-bond acceptors (Lipinski definition) is 5. The topological polar surface area (TPSA) is 125 Å². The summed E-state index contributed by atoms with van der Waals surface area (Å²) in [4.78, 5) is 35.9. The van der Waals surface area contributed by atoms with E-state index >= 15 is 0 Å². The molecule has 0 fully saturated rings. The summed E-state index contributed by atoms with van der Waals surface area (Å²) in [5.41, 5.74) is 3.63. The molecule has 4 rings (SSSR count). The van der Waals surface area contributed by atoms with Crippen molar-refractivity contribution in [2.45, 2.75) is 12.7 Å². The minimum absolute atomic E-state index is 0.121. The lowest BCUT2D eigenvalue weighted by atomic mass is 10.0. The summed E-state index contributed by atoms with van der Waals surface area (Å²) in [6.07, 6.45) is -3.94. The highest BCUT2D eigenvalue weighted by Crippen LogP contribution is 2.37. The molecule has 0 radical (unpaired) electrons. The van der Waals surface area contributed by atoms with E-state index in [9.17, 15) is 27.6 Å². The number of aromatic nitrogens is 4. The van der Waals surface area contributed by atoms with E-state index in [2.05, 4.69) is 10.2 Å². The third-order valence-electron chi connectivity index (χ3n) is 5.30. The number of ether oxygens (including phenoxy) is 1. The Morgan fingerprint density at radius 3 is 2.39 bits per heavy atom. The molecule has 0 saturated carbocycles. The number of aromatic amines is 1. The maximum atomic E-state index is 13.7. The number of nitrogens with zero attached hydrogens (tertiary/aromatic N) is 3. The number of benzene rings is 2. The Morgan fingerprint density at radius 2 is 1.81 bits per heavy atom. The highest BCUT2D eigenvalue weighted by atomic mass is 35.5. The number of nitrogens with one attached hydrogen (secondary N) is 1. The van der Waals surface area contributed by atoms with Crippen LogP contribution in [0.2, 0.25) is 5.02 Å². The third kappa shape index (κ3) is 5.03. The van der Waals surface area contributed by atoms with Crippen molar-refractivity contribution >= 4 is 17.5 Å². The summed E-state index contributed by atoms with van der Waals surface area (Å²) in [6, 6.07) is 11.0. The molecule has 3 N–H and O–H groups in total. The first-order valence-corrected chi connectivity index (χ1v) is 10.6. The van der Waals surface area contributed by atoms with Crippen molar-refractivity contribution in [3.05, 3.63) is 97.5 Å². The van der Waals surface area contributed by atoms with Crippen molar-refractivity contribution in [1.82, 2.24) is 19.3 Å². The average Bonchev–Trinajstić information content (AvgIpc) is 3.12. The van der Waals surface area contributed by atoms with E-state index in [4.69, 9.17) is 22.1 Å². The molecule has 36 heavy (non-hydrogen) atoms. The van der Waals surface area contributed by atoms with E-state index in [1.54, 1.807) is 18.2 Å². The predicted molar refractivity (Wildman–Crippen MR) is 124 cm³/mol. The van der Waals surface area contributed by atoms with Crippen LogP contribution in [0.25, 0.3) is 11.1 Å². The number of carbonyl (C=O) groups is 1. The van der Waals surface area contributed by atoms with Gasteiger partial charge in [-0.1, -0.05) is 23.7 Å². The van der Waals surface area contributed by atoms with Gasteiger partial charge in [0, 0.05) is 23.8 Å². The van der Waals surface area contributed by atoms with Gasteiger partial charge >= 0.3 is 11.9 Å². The zero-order valence-corrected chi connectivity index (χ0v) is 19.2. The Bertz CT molecular complexity index is 1570. The fourth-order valence-corrected chi connectivity index (χ4v) is 3.63. The number of amides is 1. The number of hydrogen-bond donors (Lipinski definition) is 2. The molecule has 186 valence electrons. The van der Waals surface area contributed by atoms with Crippen molar-refractivity contribution < 1.29 is 22.7 Å². The standard InChI is InChI=1S/C23H17ClF3N5O4/c1-31-18(29-30-22(31)35)11-32-7-6-17(23(25,26)27)19(21(32)34)36-16-9-14(8-15(24)10-16)12-2-4-13(5-3-12)20(28)33/h2-10H,11H2,1H3,(H2,28,33)(H,30,35). The second kappa shape index (κ2) is 9.38. The maximum absolute atomic E-state index is 13.7. The van der Waals surface area contributed by atoms with E-state index < -0.39 is 34.6 Å². The molecule has 0 bridgehead atoms. The first-order chi connectivity index (χ1) is 16.9. The van der Waals surface area contributed by atoms with Gasteiger partial charge in [-0.25, -0.2) is 9.89 Å². The molecule has 0 aliphatic heterocycles. The molecule has 2 aromatic carbocycles. The average molecular weight is 520 g/mol. The van der Waals surface area contributed by atoms with Gasteiger partial charge in [0.2, 0.25) is 11.7 Å². The van der Waals surface area contributed by atoms with E-state index in [1.807, 2.05) is 0 Å². The van der Waals surface area contributed by atoms with Gasteiger partial charge < -0.3 is 15.0 Å². The number of rotatable bonds is 6. The summed E-state index contributed by atoms with van der Waals surface area (Å²) in [5.74, 6) is -1.59. The number of primary amides is 1. The van der Waals surface area contributed by atoms with Crippen LogP contribution < -0.4 is 21.7 Å². The Morgan fingerprint density at radius 1 is 1.11 bits per heavy atom. The Labute approximate surface area is 205 Å². The number of H-pyrrole nitrogens is 1. The van der Waals surface area contributed by atoms with Gasteiger partial charge in [-0.15, -0.1) is 0 Å². The molecule has 2 heterocycles. The maximum Gasteiger partial charge on any atom is 0.420 e. The van der Waals surface area contributed by atoms with Gasteiger partial charge in [0.1, 0.15) is 11.3 Å². The SMILES string of the molecule is Cn1c(Cn2ccc(C(F)(F)F)c(Oc3cc(Cl)cc(-c4ccc(C(N)=O)cc4)c3)c2=O)n[nH]c1=O. The van der Waals surface area contributed by atoms with Gasteiger partial charge in [-0.2, -0.15) is 18.3 Å². The summed E-state index contributed by atoms with van der Waals surface area (Å²) < 4.78 is 48.7. The number of nitrogens with two attached hydrogens (primary N) is 1. The molecule has 0 saturated heterocycles. The van der Waals surface area contributed by atoms with Gasteiger partial charge in [-0.05, 0) is 47.5 Å². The highest BCUT2D eigenvalue weighted by molar-refractivity contribution is 6.31. The van der Waals surface area contributed by atoms with Crippen molar-refractivity contribution in [2.24, 2.45) is 12.8 Å². The molecule has 0 aliphatic rings. The quantitative estimate of drug-likeness (QED) is 0.403. The largest absolute Gasteiger partial charge is 0.451 e. The molecule has 1 amide bonds. The fraction of sp³-hybridized carbons (Fsp3) is 0.130. The normalized spacial score (nSPS) is 11.5. The molecular formula is C23H17ClF3N5O4. The Balaban J connectivity index is 1.76. The van der Waals surface area contributed by atoms with Crippen LogP contribution in [0.4, 0.5) is 13.2 Å². The van der Waals surface area contributed by atoms with Crippen molar-refractivity contribution in [3.8, 4) is 22.6 Å².